The molecule has 1 amide bonds. The highest BCUT2D eigenvalue weighted by Gasteiger charge is 2.20. The monoisotopic (exact) mass is 274 g/mol. The average Bonchev–Trinajstić information content (AvgIpc) is 2.61. The van der Waals surface area contributed by atoms with Gasteiger partial charge in [0, 0.05) is 5.38 Å². The summed E-state index contributed by atoms with van der Waals surface area (Å²) in [5, 5.41) is 12.8. The van der Waals surface area contributed by atoms with Crippen LogP contribution in [-0.2, 0) is 16.1 Å². The Morgan fingerprint density at radius 3 is 2.67 bits per heavy atom. The van der Waals surface area contributed by atoms with E-state index in [4.69, 9.17) is 9.84 Å². The Labute approximate surface area is 108 Å². The van der Waals surface area contributed by atoms with Crippen molar-refractivity contribution in [3.05, 3.63) is 11.1 Å². The number of aliphatic hydroxyl groups excluding tert-OH is 1. The Morgan fingerprint density at radius 2 is 2.17 bits per heavy atom. The number of aliphatic hydroxyl groups is 1. The summed E-state index contributed by atoms with van der Waals surface area (Å²) < 4.78 is 9.16. The van der Waals surface area contributed by atoms with E-state index >= 15 is 0 Å². The van der Waals surface area contributed by atoms with E-state index in [2.05, 4.69) is 15.0 Å². The molecule has 1 rings (SSSR count). The highest BCUT2D eigenvalue weighted by atomic mass is 32.1. The number of aromatic nitrogens is 1. The normalized spacial score (nSPS) is 10.9. The molecule has 0 radical (unpaired) electrons. The maximum Gasteiger partial charge on any atom is 0.517 e. The molecule has 0 aliphatic rings. The quantitative estimate of drug-likeness (QED) is 0.633. The molecule has 0 aliphatic heterocycles. The molecule has 0 fully saturated rings. The van der Waals surface area contributed by atoms with Crippen LogP contribution in [0.5, 0.6) is 0 Å². The summed E-state index contributed by atoms with van der Waals surface area (Å²) in [5.74, 6) is 0. The Balaban J connectivity index is 2.44. The van der Waals surface area contributed by atoms with Gasteiger partial charge < -0.3 is 14.6 Å². The lowest BCUT2D eigenvalue weighted by molar-refractivity contribution is 0.0111. The number of nitrogens with one attached hydrogen (secondary N) is 1. The minimum absolute atomic E-state index is 0.223. The molecular weight excluding hydrogens is 260 g/mol. The minimum atomic E-state index is -1.08. The summed E-state index contributed by atoms with van der Waals surface area (Å²) in [6, 6.07) is 0. The van der Waals surface area contributed by atoms with Gasteiger partial charge in [0.15, 0.2) is 5.13 Å². The zero-order valence-corrected chi connectivity index (χ0v) is 11.0. The zero-order chi connectivity index (χ0) is 13.8. The third-order valence-electron chi connectivity index (χ3n) is 1.49. The van der Waals surface area contributed by atoms with Gasteiger partial charge in [0.2, 0.25) is 0 Å². The summed E-state index contributed by atoms with van der Waals surface area (Å²) >= 11 is 1.11. The molecule has 0 atom stereocenters. The van der Waals surface area contributed by atoms with E-state index in [1.54, 1.807) is 26.2 Å². The highest BCUT2D eigenvalue weighted by molar-refractivity contribution is 7.13. The van der Waals surface area contributed by atoms with Crippen LogP contribution in [0.1, 0.15) is 26.5 Å². The molecule has 0 unspecified atom stereocenters. The molecule has 1 aromatic heterocycles. The number of hydrogen-bond acceptors (Lipinski definition) is 7. The van der Waals surface area contributed by atoms with Crippen molar-refractivity contribution in [2.24, 2.45) is 0 Å². The molecule has 8 heteroatoms. The van der Waals surface area contributed by atoms with Gasteiger partial charge in [-0.25, -0.2) is 14.6 Å². The minimum Gasteiger partial charge on any atom is -0.428 e. The molecule has 0 bridgehead atoms. The van der Waals surface area contributed by atoms with Crippen molar-refractivity contribution in [2.75, 3.05) is 5.32 Å². The maximum absolute atomic E-state index is 11.3. The van der Waals surface area contributed by atoms with Gasteiger partial charge in [0.05, 0.1) is 12.3 Å². The van der Waals surface area contributed by atoms with E-state index in [0.717, 1.165) is 11.3 Å². The van der Waals surface area contributed by atoms with Crippen molar-refractivity contribution < 1.29 is 24.2 Å². The molecule has 18 heavy (non-hydrogen) atoms. The van der Waals surface area contributed by atoms with Gasteiger partial charge in [-0.05, 0) is 20.8 Å². The van der Waals surface area contributed by atoms with Crippen LogP contribution in [0.2, 0.25) is 0 Å². The second kappa shape index (κ2) is 5.78. The summed E-state index contributed by atoms with van der Waals surface area (Å²) in [4.78, 5) is 26.3. The molecule has 2 N–H and O–H groups in total. The van der Waals surface area contributed by atoms with Crippen LogP contribution in [0.25, 0.3) is 0 Å². The van der Waals surface area contributed by atoms with Gasteiger partial charge in [0.25, 0.3) is 0 Å². The standard InChI is InChI=1S/C10H14N2O5S/c1-10(2,3)17-9(15)16-8(14)12-7-11-6(4-13)5-18-7/h5,13H,4H2,1-3H3,(H,11,12,14). The van der Waals surface area contributed by atoms with E-state index < -0.39 is 17.8 Å². The number of amides is 1. The fraction of sp³-hybridized carbons (Fsp3) is 0.500. The number of thiazole rings is 1. The van der Waals surface area contributed by atoms with Crippen molar-refractivity contribution in [3.8, 4) is 0 Å². The van der Waals surface area contributed by atoms with E-state index in [9.17, 15) is 9.59 Å². The van der Waals surface area contributed by atoms with Gasteiger partial charge in [0.1, 0.15) is 5.60 Å². The second-order valence-corrected chi connectivity index (χ2v) is 5.14. The molecule has 7 nitrogen and oxygen atoms in total. The van der Waals surface area contributed by atoms with Crippen LogP contribution in [-0.4, -0.2) is 27.9 Å². The van der Waals surface area contributed by atoms with Gasteiger partial charge in [-0.15, -0.1) is 11.3 Å². The van der Waals surface area contributed by atoms with Crippen molar-refractivity contribution >= 4 is 28.7 Å². The summed E-state index contributed by atoms with van der Waals surface area (Å²) in [7, 11) is 0. The Kier molecular flexibility index (Phi) is 4.62. The zero-order valence-electron chi connectivity index (χ0n) is 10.2. The summed E-state index contributed by atoms with van der Waals surface area (Å²) in [6.45, 7) is 4.74. The van der Waals surface area contributed by atoms with Crippen LogP contribution in [0.15, 0.2) is 5.38 Å². The van der Waals surface area contributed by atoms with Crippen LogP contribution in [0.3, 0.4) is 0 Å². The number of hydrogen-bond donors (Lipinski definition) is 2. The second-order valence-electron chi connectivity index (χ2n) is 4.28. The molecule has 100 valence electrons. The largest absolute Gasteiger partial charge is 0.517 e. The number of rotatable bonds is 2. The number of nitrogens with zero attached hydrogens (tertiary/aromatic N) is 1. The lowest BCUT2D eigenvalue weighted by atomic mass is 10.2. The van der Waals surface area contributed by atoms with Crippen molar-refractivity contribution in [1.29, 1.82) is 0 Å². The SMILES string of the molecule is CC(C)(C)OC(=O)OC(=O)Nc1nc(CO)cs1. The van der Waals surface area contributed by atoms with Crippen LogP contribution in [0.4, 0.5) is 14.7 Å². The average molecular weight is 274 g/mol. The van der Waals surface area contributed by atoms with Crippen LogP contribution in [0, 0.1) is 0 Å². The van der Waals surface area contributed by atoms with Gasteiger partial charge in [-0.1, -0.05) is 0 Å². The lowest BCUT2D eigenvalue weighted by Crippen LogP contribution is -2.27. The Bertz CT molecular complexity index is 438. The van der Waals surface area contributed by atoms with Gasteiger partial charge in [-0.3, -0.25) is 5.32 Å². The molecular formula is C10H14N2O5S. The first kappa shape index (κ1) is 14.4. The molecule has 0 saturated carbocycles. The third kappa shape index (κ3) is 5.11. The van der Waals surface area contributed by atoms with Crippen LogP contribution < -0.4 is 5.32 Å². The summed E-state index contributed by atoms with van der Waals surface area (Å²) in [5.41, 5.74) is -0.310. The number of carbonyl (C=O) groups is 2. The molecule has 1 aromatic rings. The third-order valence-corrected chi connectivity index (χ3v) is 2.29. The van der Waals surface area contributed by atoms with Crippen molar-refractivity contribution in [1.82, 2.24) is 4.98 Å². The first-order valence-corrected chi connectivity index (χ1v) is 5.95. The summed E-state index contributed by atoms with van der Waals surface area (Å²) in [6.07, 6.45) is -2.07. The van der Waals surface area contributed by atoms with Crippen molar-refractivity contribution in [2.45, 2.75) is 33.0 Å². The van der Waals surface area contributed by atoms with Crippen LogP contribution >= 0.6 is 11.3 Å². The number of ether oxygens (including phenoxy) is 2. The predicted octanol–water partition coefficient (Wildman–Crippen LogP) is 2.12. The molecule has 1 heterocycles. The van der Waals surface area contributed by atoms with Crippen molar-refractivity contribution in [3.63, 3.8) is 0 Å². The highest BCUT2D eigenvalue weighted by Crippen LogP contribution is 2.15. The predicted molar refractivity (Wildman–Crippen MR) is 64.4 cm³/mol. The smallest absolute Gasteiger partial charge is 0.428 e. The Morgan fingerprint density at radius 1 is 1.50 bits per heavy atom. The number of anilines is 1. The van der Waals surface area contributed by atoms with Gasteiger partial charge >= 0.3 is 12.2 Å². The first-order valence-electron chi connectivity index (χ1n) is 5.07. The fourth-order valence-electron chi connectivity index (χ4n) is 0.896. The first-order chi connectivity index (χ1) is 8.30. The Hall–Kier alpha value is -1.67. The topological polar surface area (TPSA) is 97.8 Å². The maximum atomic E-state index is 11.3. The molecule has 0 spiro atoms. The molecule has 0 aromatic carbocycles. The number of carbonyl (C=O) groups excluding carboxylic acids is 2. The molecule has 0 saturated heterocycles. The van der Waals surface area contributed by atoms with E-state index in [1.165, 1.54) is 0 Å². The van der Waals surface area contributed by atoms with E-state index in [1.807, 2.05) is 0 Å². The van der Waals surface area contributed by atoms with E-state index in [0.29, 0.717) is 5.69 Å². The fourth-order valence-corrected chi connectivity index (χ4v) is 1.58. The molecule has 0 aliphatic carbocycles. The lowest BCUT2D eigenvalue weighted by Gasteiger charge is -2.17. The van der Waals surface area contributed by atoms with E-state index in [-0.39, 0.29) is 11.7 Å². The van der Waals surface area contributed by atoms with Gasteiger partial charge in [-0.2, -0.15) is 0 Å².